The summed E-state index contributed by atoms with van der Waals surface area (Å²) in [4.78, 5) is 14.0. The van der Waals surface area contributed by atoms with Crippen molar-refractivity contribution in [3.8, 4) is 0 Å². The van der Waals surface area contributed by atoms with Gasteiger partial charge in [-0.05, 0) is 5.56 Å². The SMILES string of the molecule is COC(=O)C1COC2(CCN(Cc3ccccc3)CC2)N1. The van der Waals surface area contributed by atoms with E-state index in [1.165, 1.54) is 12.7 Å². The number of carbonyl (C=O) groups is 1. The normalized spacial score (nSPS) is 25.1. The quantitative estimate of drug-likeness (QED) is 0.846. The van der Waals surface area contributed by atoms with Gasteiger partial charge in [0.25, 0.3) is 0 Å². The van der Waals surface area contributed by atoms with Gasteiger partial charge in [-0.15, -0.1) is 0 Å². The molecule has 2 aliphatic heterocycles. The molecule has 1 spiro atoms. The van der Waals surface area contributed by atoms with E-state index < -0.39 is 0 Å². The summed E-state index contributed by atoms with van der Waals surface area (Å²) >= 11 is 0. The minimum absolute atomic E-state index is 0.237. The van der Waals surface area contributed by atoms with Crippen LogP contribution >= 0.6 is 0 Å². The molecule has 0 bridgehead atoms. The van der Waals surface area contributed by atoms with E-state index in [0.29, 0.717) is 6.61 Å². The topological polar surface area (TPSA) is 50.8 Å². The summed E-state index contributed by atoms with van der Waals surface area (Å²) in [5.41, 5.74) is 0.993. The van der Waals surface area contributed by atoms with Gasteiger partial charge in [0.2, 0.25) is 0 Å². The first-order valence-corrected chi connectivity index (χ1v) is 7.46. The summed E-state index contributed by atoms with van der Waals surface area (Å²) in [7, 11) is 1.41. The van der Waals surface area contributed by atoms with Gasteiger partial charge in [-0.25, -0.2) is 0 Å². The van der Waals surface area contributed by atoms with Crippen molar-refractivity contribution in [3.05, 3.63) is 35.9 Å². The Morgan fingerprint density at radius 2 is 2.10 bits per heavy atom. The lowest BCUT2D eigenvalue weighted by Gasteiger charge is -2.38. The Kier molecular flexibility index (Phi) is 4.24. The average molecular weight is 290 g/mol. The second-order valence-electron chi connectivity index (χ2n) is 5.79. The highest BCUT2D eigenvalue weighted by atomic mass is 16.5. The maximum atomic E-state index is 11.6. The number of hydrogen-bond acceptors (Lipinski definition) is 5. The lowest BCUT2D eigenvalue weighted by atomic mass is 10.00. The van der Waals surface area contributed by atoms with Crippen LogP contribution in [0.5, 0.6) is 0 Å². The van der Waals surface area contributed by atoms with Crippen LogP contribution in [0, 0.1) is 0 Å². The fraction of sp³-hybridized carbons (Fsp3) is 0.562. The Balaban J connectivity index is 1.52. The number of esters is 1. The highest BCUT2D eigenvalue weighted by molar-refractivity contribution is 5.76. The molecule has 1 aromatic carbocycles. The largest absolute Gasteiger partial charge is 0.468 e. The van der Waals surface area contributed by atoms with Crippen LogP contribution < -0.4 is 5.32 Å². The van der Waals surface area contributed by atoms with Crippen molar-refractivity contribution in [2.24, 2.45) is 0 Å². The van der Waals surface area contributed by atoms with Gasteiger partial charge < -0.3 is 9.47 Å². The van der Waals surface area contributed by atoms with Crippen LogP contribution in [0.2, 0.25) is 0 Å². The molecule has 0 amide bonds. The molecule has 3 rings (SSSR count). The van der Waals surface area contributed by atoms with Crippen molar-refractivity contribution in [2.45, 2.75) is 31.2 Å². The number of likely N-dealkylation sites (tertiary alicyclic amines) is 1. The lowest BCUT2D eigenvalue weighted by molar-refractivity contribution is -0.142. The Hall–Kier alpha value is -1.43. The van der Waals surface area contributed by atoms with Gasteiger partial charge in [0.1, 0.15) is 11.8 Å². The van der Waals surface area contributed by atoms with Crippen LogP contribution in [-0.2, 0) is 20.8 Å². The summed E-state index contributed by atoms with van der Waals surface area (Å²) in [5.74, 6) is -0.237. The van der Waals surface area contributed by atoms with Crippen LogP contribution in [-0.4, -0.2) is 49.4 Å². The fourth-order valence-electron chi connectivity index (χ4n) is 3.12. The van der Waals surface area contributed by atoms with Crippen LogP contribution in [0.1, 0.15) is 18.4 Å². The minimum atomic E-state index is -0.341. The average Bonchev–Trinajstić information content (AvgIpc) is 2.94. The van der Waals surface area contributed by atoms with E-state index in [9.17, 15) is 4.79 Å². The molecule has 0 radical (unpaired) electrons. The van der Waals surface area contributed by atoms with E-state index in [0.717, 1.165) is 32.5 Å². The third-order valence-corrected chi connectivity index (χ3v) is 4.36. The van der Waals surface area contributed by atoms with E-state index in [-0.39, 0.29) is 17.7 Å². The Bertz CT molecular complexity index is 484. The molecular weight excluding hydrogens is 268 g/mol. The van der Waals surface area contributed by atoms with E-state index >= 15 is 0 Å². The maximum Gasteiger partial charge on any atom is 0.325 e. The molecule has 21 heavy (non-hydrogen) atoms. The molecule has 2 heterocycles. The number of ether oxygens (including phenoxy) is 2. The van der Waals surface area contributed by atoms with Crippen molar-refractivity contribution >= 4 is 5.97 Å². The summed E-state index contributed by atoms with van der Waals surface area (Å²) in [6.07, 6.45) is 1.79. The smallest absolute Gasteiger partial charge is 0.325 e. The standard InChI is InChI=1S/C16H22N2O3/c1-20-15(19)14-12-21-16(17-14)7-9-18(10-8-16)11-13-5-3-2-4-6-13/h2-6,14,17H,7-12H2,1H3. The number of hydrogen-bond donors (Lipinski definition) is 1. The molecule has 114 valence electrons. The number of methoxy groups -OCH3 is 1. The zero-order chi connectivity index (χ0) is 14.7. The highest BCUT2D eigenvalue weighted by Gasteiger charge is 2.44. The first kappa shape index (κ1) is 14.5. The summed E-state index contributed by atoms with van der Waals surface area (Å²) in [6.45, 7) is 3.31. The molecule has 5 heteroatoms. The van der Waals surface area contributed by atoms with Crippen LogP contribution in [0.15, 0.2) is 30.3 Å². The molecule has 1 N–H and O–H groups in total. The molecule has 5 nitrogen and oxygen atoms in total. The third-order valence-electron chi connectivity index (χ3n) is 4.36. The predicted molar refractivity (Wildman–Crippen MR) is 78.6 cm³/mol. The highest BCUT2D eigenvalue weighted by Crippen LogP contribution is 2.29. The Morgan fingerprint density at radius 1 is 1.38 bits per heavy atom. The van der Waals surface area contributed by atoms with Crippen molar-refractivity contribution in [1.82, 2.24) is 10.2 Å². The molecular formula is C16H22N2O3. The van der Waals surface area contributed by atoms with E-state index in [1.807, 2.05) is 6.07 Å². The third kappa shape index (κ3) is 3.26. The Morgan fingerprint density at radius 3 is 2.76 bits per heavy atom. The monoisotopic (exact) mass is 290 g/mol. The predicted octanol–water partition coefficient (Wildman–Crippen LogP) is 1.14. The zero-order valence-electron chi connectivity index (χ0n) is 12.4. The molecule has 2 saturated heterocycles. The molecule has 2 fully saturated rings. The number of carbonyl (C=O) groups excluding carboxylic acids is 1. The van der Waals surface area contributed by atoms with E-state index in [2.05, 4.69) is 34.5 Å². The molecule has 1 aromatic rings. The van der Waals surface area contributed by atoms with Crippen LogP contribution in [0.3, 0.4) is 0 Å². The van der Waals surface area contributed by atoms with Crippen molar-refractivity contribution in [2.75, 3.05) is 26.8 Å². The molecule has 2 aliphatic rings. The van der Waals surface area contributed by atoms with Crippen LogP contribution in [0.4, 0.5) is 0 Å². The van der Waals surface area contributed by atoms with Crippen molar-refractivity contribution in [3.63, 3.8) is 0 Å². The number of nitrogens with zero attached hydrogens (tertiary/aromatic N) is 1. The van der Waals surface area contributed by atoms with Crippen molar-refractivity contribution < 1.29 is 14.3 Å². The van der Waals surface area contributed by atoms with Gasteiger partial charge in [0.15, 0.2) is 0 Å². The van der Waals surface area contributed by atoms with Crippen molar-refractivity contribution in [1.29, 1.82) is 0 Å². The first-order chi connectivity index (χ1) is 10.2. The van der Waals surface area contributed by atoms with Gasteiger partial charge in [-0.3, -0.25) is 15.0 Å². The zero-order valence-corrected chi connectivity index (χ0v) is 12.4. The number of rotatable bonds is 3. The van der Waals surface area contributed by atoms with Gasteiger partial charge in [0.05, 0.1) is 13.7 Å². The number of benzene rings is 1. The van der Waals surface area contributed by atoms with E-state index in [1.54, 1.807) is 0 Å². The summed E-state index contributed by atoms with van der Waals surface area (Å²) in [6, 6.07) is 10.2. The molecule has 0 saturated carbocycles. The van der Waals surface area contributed by atoms with Crippen LogP contribution in [0.25, 0.3) is 0 Å². The van der Waals surface area contributed by atoms with Gasteiger partial charge in [-0.1, -0.05) is 30.3 Å². The van der Waals surface area contributed by atoms with Gasteiger partial charge in [-0.2, -0.15) is 0 Å². The number of nitrogens with one attached hydrogen (secondary N) is 1. The summed E-state index contributed by atoms with van der Waals surface area (Å²) < 4.78 is 10.7. The molecule has 1 atom stereocenters. The number of piperidine rings is 1. The van der Waals surface area contributed by atoms with Gasteiger partial charge in [0, 0.05) is 32.5 Å². The molecule has 0 aromatic heterocycles. The second kappa shape index (κ2) is 6.13. The minimum Gasteiger partial charge on any atom is -0.468 e. The fourth-order valence-corrected chi connectivity index (χ4v) is 3.12. The molecule has 0 aliphatic carbocycles. The Labute approximate surface area is 125 Å². The second-order valence-corrected chi connectivity index (χ2v) is 5.79. The molecule has 1 unspecified atom stereocenters. The summed E-state index contributed by atoms with van der Waals surface area (Å²) in [5, 5.41) is 3.32. The maximum absolute atomic E-state index is 11.6. The van der Waals surface area contributed by atoms with Gasteiger partial charge >= 0.3 is 5.97 Å². The lowest BCUT2D eigenvalue weighted by Crippen LogP contribution is -2.53. The van der Waals surface area contributed by atoms with E-state index in [4.69, 9.17) is 9.47 Å². The first-order valence-electron chi connectivity index (χ1n) is 7.46.